The average molecular weight is 218 g/mol. The highest BCUT2D eigenvalue weighted by molar-refractivity contribution is 5.23. The number of aromatic nitrogens is 2. The third kappa shape index (κ3) is 3.32. The Morgan fingerprint density at radius 1 is 1.44 bits per heavy atom. The molecule has 1 aromatic heterocycles. The molecule has 0 aliphatic rings. The van der Waals surface area contributed by atoms with Gasteiger partial charge in [-0.1, -0.05) is 6.92 Å². The molecule has 1 unspecified atom stereocenters. The SMILES string of the molecule is CC#CCCC(O)c1cc(C)nnc1CC. The molecule has 1 rings (SSSR count). The van der Waals surface area contributed by atoms with Gasteiger partial charge < -0.3 is 5.11 Å². The molecule has 1 aromatic rings. The Balaban J connectivity index is 2.82. The summed E-state index contributed by atoms with van der Waals surface area (Å²) < 4.78 is 0. The molecule has 16 heavy (non-hydrogen) atoms. The van der Waals surface area contributed by atoms with Crippen molar-refractivity contribution in [1.82, 2.24) is 10.2 Å². The van der Waals surface area contributed by atoms with Gasteiger partial charge in [0.1, 0.15) is 0 Å². The first-order valence-corrected chi connectivity index (χ1v) is 5.59. The lowest BCUT2D eigenvalue weighted by Gasteiger charge is -2.12. The van der Waals surface area contributed by atoms with Gasteiger partial charge in [-0.3, -0.25) is 0 Å². The Kier molecular flexibility index (Phi) is 4.94. The third-order valence-corrected chi connectivity index (χ3v) is 2.44. The predicted molar refractivity (Wildman–Crippen MR) is 63.8 cm³/mol. The van der Waals surface area contributed by atoms with Gasteiger partial charge in [0.05, 0.1) is 17.5 Å². The maximum Gasteiger partial charge on any atom is 0.0818 e. The van der Waals surface area contributed by atoms with Crippen LogP contribution in [0.3, 0.4) is 0 Å². The first-order chi connectivity index (χ1) is 7.69. The Bertz CT molecular complexity index is 404. The topological polar surface area (TPSA) is 46.0 Å². The lowest BCUT2D eigenvalue weighted by Crippen LogP contribution is -2.06. The minimum atomic E-state index is -0.481. The minimum Gasteiger partial charge on any atom is -0.388 e. The van der Waals surface area contributed by atoms with Crippen molar-refractivity contribution >= 4 is 0 Å². The number of aryl methyl sites for hydroxylation is 2. The summed E-state index contributed by atoms with van der Waals surface area (Å²) in [5, 5.41) is 18.1. The molecule has 1 N–H and O–H groups in total. The average Bonchev–Trinajstić information content (AvgIpc) is 2.29. The van der Waals surface area contributed by atoms with E-state index in [1.54, 1.807) is 0 Å². The summed E-state index contributed by atoms with van der Waals surface area (Å²) >= 11 is 0. The van der Waals surface area contributed by atoms with Gasteiger partial charge in [-0.05, 0) is 32.8 Å². The maximum atomic E-state index is 10.0. The van der Waals surface area contributed by atoms with Gasteiger partial charge in [-0.25, -0.2) is 0 Å². The van der Waals surface area contributed by atoms with Crippen LogP contribution in [0.1, 0.15) is 49.7 Å². The lowest BCUT2D eigenvalue weighted by atomic mass is 10.0. The second kappa shape index (κ2) is 6.24. The quantitative estimate of drug-likeness (QED) is 0.788. The highest BCUT2D eigenvalue weighted by Crippen LogP contribution is 2.21. The highest BCUT2D eigenvalue weighted by Gasteiger charge is 2.12. The largest absolute Gasteiger partial charge is 0.388 e. The van der Waals surface area contributed by atoms with Crippen LogP contribution in [0.15, 0.2) is 6.07 Å². The molecule has 1 heterocycles. The monoisotopic (exact) mass is 218 g/mol. The number of aliphatic hydroxyl groups excluding tert-OH is 1. The summed E-state index contributed by atoms with van der Waals surface area (Å²) in [6.45, 7) is 5.71. The fourth-order valence-electron chi connectivity index (χ4n) is 1.59. The van der Waals surface area contributed by atoms with Crippen LogP contribution < -0.4 is 0 Å². The molecule has 0 aromatic carbocycles. The van der Waals surface area contributed by atoms with Crippen molar-refractivity contribution in [3.8, 4) is 11.8 Å². The number of hydrogen-bond acceptors (Lipinski definition) is 3. The zero-order valence-corrected chi connectivity index (χ0v) is 10.1. The van der Waals surface area contributed by atoms with E-state index in [-0.39, 0.29) is 0 Å². The van der Waals surface area contributed by atoms with Gasteiger partial charge in [0, 0.05) is 12.0 Å². The molecule has 0 bridgehead atoms. The number of aliphatic hydroxyl groups is 1. The molecular weight excluding hydrogens is 200 g/mol. The first-order valence-electron chi connectivity index (χ1n) is 5.59. The van der Waals surface area contributed by atoms with Crippen molar-refractivity contribution in [3.63, 3.8) is 0 Å². The standard InChI is InChI=1S/C13H18N2O/c1-4-6-7-8-13(16)11-9-10(3)14-15-12(11)5-2/h9,13,16H,5,7-8H2,1-3H3. The molecule has 0 saturated heterocycles. The summed E-state index contributed by atoms with van der Waals surface area (Å²) in [5.74, 6) is 5.78. The second-order valence-electron chi connectivity index (χ2n) is 3.72. The molecule has 0 aliphatic heterocycles. The summed E-state index contributed by atoms with van der Waals surface area (Å²) in [6.07, 6.45) is 1.67. The molecule has 0 fully saturated rings. The van der Waals surface area contributed by atoms with E-state index in [0.717, 1.165) is 23.4 Å². The van der Waals surface area contributed by atoms with E-state index >= 15 is 0 Å². The van der Waals surface area contributed by atoms with Crippen LogP contribution in [0.25, 0.3) is 0 Å². The minimum absolute atomic E-state index is 0.481. The predicted octanol–water partition coefficient (Wildman–Crippen LogP) is 2.18. The highest BCUT2D eigenvalue weighted by atomic mass is 16.3. The van der Waals surface area contributed by atoms with Crippen LogP contribution in [0.4, 0.5) is 0 Å². The molecule has 0 amide bonds. The number of rotatable bonds is 4. The molecule has 0 spiro atoms. The lowest BCUT2D eigenvalue weighted by molar-refractivity contribution is 0.167. The van der Waals surface area contributed by atoms with Crippen LogP contribution in [-0.4, -0.2) is 15.3 Å². The molecule has 0 aliphatic carbocycles. The van der Waals surface area contributed by atoms with Crippen LogP contribution in [0.5, 0.6) is 0 Å². The fraction of sp³-hybridized carbons (Fsp3) is 0.538. The van der Waals surface area contributed by atoms with E-state index in [0.29, 0.717) is 12.8 Å². The van der Waals surface area contributed by atoms with Crippen LogP contribution >= 0.6 is 0 Å². The summed E-state index contributed by atoms with van der Waals surface area (Å²) in [5.41, 5.74) is 2.61. The fourth-order valence-corrected chi connectivity index (χ4v) is 1.59. The Morgan fingerprint density at radius 2 is 2.19 bits per heavy atom. The maximum absolute atomic E-state index is 10.0. The zero-order chi connectivity index (χ0) is 12.0. The Morgan fingerprint density at radius 3 is 2.81 bits per heavy atom. The zero-order valence-electron chi connectivity index (χ0n) is 10.1. The van der Waals surface area contributed by atoms with Crippen LogP contribution in [0.2, 0.25) is 0 Å². The van der Waals surface area contributed by atoms with Crippen molar-refractivity contribution in [2.45, 2.75) is 46.1 Å². The van der Waals surface area contributed by atoms with Gasteiger partial charge in [0.25, 0.3) is 0 Å². The number of nitrogens with zero attached hydrogens (tertiary/aromatic N) is 2. The molecule has 1 atom stereocenters. The van der Waals surface area contributed by atoms with Gasteiger partial charge in [0.2, 0.25) is 0 Å². The summed E-state index contributed by atoms with van der Waals surface area (Å²) in [7, 11) is 0. The van der Waals surface area contributed by atoms with E-state index in [4.69, 9.17) is 0 Å². The number of hydrogen-bond donors (Lipinski definition) is 1. The molecule has 3 heteroatoms. The van der Waals surface area contributed by atoms with E-state index in [1.807, 2.05) is 26.8 Å². The first kappa shape index (κ1) is 12.7. The van der Waals surface area contributed by atoms with Crippen molar-refractivity contribution in [2.75, 3.05) is 0 Å². The Hall–Kier alpha value is -1.40. The Labute approximate surface area is 96.9 Å². The van der Waals surface area contributed by atoms with Crippen molar-refractivity contribution in [3.05, 3.63) is 23.0 Å². The third-order valence-electron chi connectivity index (χ3n) is 2.44. The van der Waals surface area contributed by atoms with Gasteiger partial charge in [-0.15, -0.1) is 11.8 Å². The van der Waals surface area contributed by atoms with Crippen molar-refractivity contribution < 1.29 is 5.11 Å². The molecule has 0 radical (unpaired) electrons. The van der Waals surface area contributed by atoms with Crippen molar-refractivity contribution in [1.29, 1.82) is 0 Å². The van der Waals surface area contributed by atoms with Crippen LogP contribution in [0, 0.1) is 18.8 Å². The normalized spacial score (nSPS) is 11.8. The van der Waals surface area contributed by atoms with E-state index < -0.39 is 6.10 Å². The van der Waals surface area contributed by atoms with Crippen LogP contribution in [-0.2, 0) is 6.42 Å². The van der Waals surface area contributed by atoms with E-state index in [2.05, 4.69) is 22.0 Å². The summed E-state index contributed by atoms with van der Waals surface area (Å²) in [4.78, 5) is 0. The molecule has 86 valence electrons. The molecular formula is C13H18N2O. The molecule has 3 nitrogen and oxygen atoms in total. The smallest absolute Gasteiger partial charge is 0.0818 e. The van der Waals surface area contributed by atoms with Crippen molar-refractivity contribution in [2.24, 2.45) is 0 Å². The van der Waals surface area contributed by atoms with E-state index in [1.165, 1.54) is 0 Å². The van der Waals surface area contributed by atoms with E-state index in [9.17, 15) is 5.11 Å². The van der Waals surface area contributed by atoms with Gasteiger partial charge >= 0.3 is 0 Å². The summed E-state index contributed by atoms with van der Waals surface area (Å²) in [6, 6.07) is 1.91. The van der Waals surface area contributed by atoms with Gasteiger partial charge in [-0.2, -0.15) is 10.2 Å². The second-order valence-corrected chi connectivity index (χ2v) is 3.72. The molecule has 0 saturated carbocycles. The van der Waals surface area contributed by atoms with Gasteiger partial charge in [0.15, 0.2) is 0 Å².